The zero-order chi connectivity index (χ0) is 21.1. The number of aromatic nitrogens is 2. The summed E-state index contributed by atoms with van der Waals surface area (Å²) in [6, 6.07) is 23.2. The maximum absolute atomic E-state index is 13.4. The van der Waals surface area contributed by atoms with E-state index in [9.17, 15) is 4.79 Å². The Morgan fingerprint density at radius 2 is 1.53 bits per heavy atom. The third-order valence-corrected chi connectivity index (χ3v) is 6.46. The first-order valence-corrected chi connectivity index (χ1v) is 11.1. The van der Waals surface area contributed by atoms with Gasteiger partial charge in [0.05, 0.1) is 5.56 Å². The minimum atomic E-state index is -0.485. The Morgan fingerprint density at radius 3 is 2.20 bits per heavy atom. The number of hydrogen-bond acceptors (Lipinski definition) is 5. The lowest BCUT2D eigenvalue weighted by atomic mass is 10.0. The van der Waals surface area contributed by atoms with Crippen LogP contribution in [-0.4, -0.2) is 16.0 Å². The van der Waals surface area contributed by atoms with E-state index in [1.165, 1.54) is 11.8 Å². The first-order chi connectivity index (χ1) is 14.5. The number of carbonyl (C=O) groups is 1. The molecule has 4 rings (SSSR count). The van der Waals surface area contributed by atoms with E-state index < -0.39 is 5.25 Å². The monoisotopic (exact) mass is 478 g/mol. The van der Waals surface area contributed by atoms with E-state index in [0.717, 1.165) is 26.7 Å². The fourth-order valence-electron chi connectivity index (χ4n) is 2.99. The van der Waals surface area contributed by atoms with Gasteiger partial charge in [0.25, 0.3) is 5.22 Å². The topological polar surface area (TPSA) is 56.0 Å². The molecule has 0 saturated carbocycles. The standard InChI is InChI=1S/C24H19BrN2O2S/c1-15-7-11-17(12-8-15)21(28)22(18-13-9-16(2)10-14-18)30-24-27-26-23(29-24)19-5-3-4-6-20(19)25/h3-14,22H,1-2H3. The highest BCUT2D eigenvalue weighted by Crippen LogP contribution is 2.39. The van der Waals surface area contributed by atoms with Gasteiger partial charge in [0.1, 0.15) is 5.25 Å². The average molecular weight is 479 g/mol. The van der Waals surface area contributed by atoms with Crippen LogP contribution in [0.5, 0.6) is 0 Å². The smallest absolute Gasteiger partial charge is 0.277 e. The van der Waals surface area contributed by atoms with Crippen LogP contribution in [0.2, 0.25) is 0 Å². The van der Waals surface area contributed by atoms with E-state index in [-0.39, 0.29) is 5.78 Å². The Hall–Kier alpha value is -2.70. The molecular weight excluding hydrogens is 460 g/mol. The van der Waals surface area contributed by atoms with Crippen molar-refractivity contribution in [1.29, 1.82) is 0 Å². The predicted molar refractivity (Wildman–Crippen MR) is 123 cm³/mol. The molecule has 0 aliphatic heterocycles. The highest BCUT2D eigenvalue weighted by molar-refractivity contribution is 9.10. The number of thioether (sulfide) groups is 1. The molecule has 150 valence electrons. The third kappa shape index (κ3) is 4.55. The summed E-state index contributed by atoms with van der Waals surface area (Å²) in [5.41, 5.74) is 4.62. The van der Waals surface area contributed by atoms with Gasteiger partial charge in [0.15, 0.2) is 5.78 Å². The maximum atomic E-state index is 13.4. The minimum Gasteiger partial charge on any atom is -0.411 e. The van der Waals surface area contributed by atoms with Crippen molar-refractivity contribution in [3.63, 3.8) is 0 Å². The summed E-state index contributed by atoms with van der Waals surface area (Å²) in [6.07, 6.45) is 0. The lowest BCUT2D eigenvalue weighted by molar-refractivity contribution is 0.0989. The second-order valence-electron chi connectivity index (χ2n) is 6.99. The van der Waals surface area contributed by atoms with Gasteiger partial charge in [-0.1, -0.05) is 71.8 Å². The van der Waals surface area contributed by atoms with Gasteiger partial charge in [0, 0.05) is 10.0 Å². The molecule has 0 N–H and O–H groups in total. The molecule has 0 saturated heterocycles. The summed E-state index contributed by atoms with van der Waals surface area (Å²) in [7, 11) is 0. The lowest BCUT2D eigenvalue weighted by Gasteiger charge is -2.14. The molecule has 4 nitrogen and oxygen atoms in total. The minimum absolute atomic E-state index is 0.00416. The second kappa shape index (κ2) is 8.98. The maximum Gasteiger partial charge on any atom is 0.277 e. The van der Waals surface area contributed by atoms with E-state index in [1.54, 1.807) is 0 Å². The van der Waals surface area contributed by atoms with Crippen LogP contribution in [0.25, 0.3) is 11.5 Å². The fourth-order valence-corrected chi connectivity index (χ4v) is 4.39. The number of halogens is 1. The van der Waals surface area contributed by atoms with Gasteiger partial charge in [-0.2, -0.15) is 0 Å². The number of aryl methyl sites for hydroxylation is 2. The van der Waals surface area contributed by atoms with Crippen molar-refractivity contribution in [3.05, 3.63) is 99.5 Å². The summed E-state index contributed by atoms with van der Waals surface area (Å²) in [5, 5.41) is 8.22. The van der Waals surface area contributed by atoms with Crippen molar-refractivity contribution in [3.8, 4) is 11.5 Å². The van der Waals surface area contributed by atoms with Crippen LogP contribution in [-0.2, 0) is 0 Å². The van der Waals surface area contributed by atoms with Crippen molar-refractivity contribution >= 4 is 33.5 Å². The molecule has 0 radical (unpaired) electrons. The molecule has 0 spiro atoms. The normalized spacial score (nSPS) is 12.0. The van der Waals surface area contributed by atoms with Crippen LogP contribution in [0.4, 0.5) is 0 Å². The number of ketones is 1. The van der Waals surface area contributed by atoms with E-state index >= 15 is 0 Å². The van der Waals surface area contributed by atoms with E-state index in [2.05, 4.69) is 26.1 Å². The molecule has 0 aliphatic carbocycles. The van der Waals surface area contributed by atoms with Crippen LogP contribution >= 0.6 is 27.7 Å². The molecule has 3 aromatic carbocycles. The highest BCUT2D eigenvalue weighted by Gasteiger charge is 2.26. The molecule has 0 amide bonds. The summed E-state index contributed by atoms with van der Waals surface area (Å²) in [4.78, 5) is 13.4. The first-order valence-electron chi connectivity index (χ1n) is 9.44. The van der Waals surface area contributed by atoms with Gasteiger partial charge in [0.2, 0.25) is 5.89 Å². The van der Waals surface area contributed by atoms with Crippen LogP contribution in [0.3, 0.4) is 0 Å². The Bertz CT molecular complexity index is 1170. The molecule has 0 fully saturated rings. The lowest BCUT2D eigenvalue weighted by Crippen LogP contribution is -2.10. The van der Waals surface area contributed by atoms with Gasteiger partial charge in [-0.05, 0) is 59.2 Å². The Kier molecular flexibility index (Phi) is 6.16. The fraction of sp³-hybridized carbons (Fsp3) is 0.125. The average Bonchev–Trinajstić information content (AvgIpc) is 3.22. The van der Waals surface area contributed by atoms with Gasteiger partial charge >= 0.3 is 0 Å². The van der Waals surface area contributed by atoms with E-state index in [1.807, 2.05) is 86.6 Å². The number of benzene rings is 3. The van der Waals surface area contributed by atoms with E-state index in [4.69, 9.17) is 4.42 Å². The SMILES string of the molecule is Cc1ccc(C(=O)C(Sc2nnc(-c3ccccc3Br)o2)c2ccc(C)cc2)cc1. The van der Waals surface area contributed by atoms with Gasteiger partial charge < -0.3 is 4.42 Å². The zero-order valence-electron chi connectivity index (χ0n) is 16.5. The van der Waals surface area contributed by atoms with Crippen molar-refractivity contribution in [1.82, 2.24) is 10.2 Å². The van der Waals surface area contributed by atoms with Crippen LogP contribution < -0.4 is 0 Å². The molecule has 1 atom stereocenters. The molecule has 1 aromatic heterocycles. The van der Waals surface area contributed by atoms with Crippen molar-refractivity contribution in [2.24, 2.45) is 0 Å². The van der Waals surface area contributed by atoms with Gasteiger partial charge in [-0.15, -0.1) is 10.2 Å². The molecule has 0 bridgehead atoms. The highest BCUT2D eigenvalue weighted by atomic mass is 79.9. The van der Waals surface area contributed by atoms with Crippen molar-refractivity contribution in [2.75, 3.05) is 0 Å². The van der Waals surface area contributed by atoms with Crippen molar-refractivity contribution in [2.45, 2.75) is 24.3 Å². The number of carbonyl (C=O) groups excluding carboxylic acids is 1. The predicted octanol–water partition coefficient (Wildman–Crippen LogP) is 6.83. The molecular formula is C24H19BrN2O2S. The Balaban J connectivity index is 1.67. The number of rotatable bonds is 6. The molecule has 6 heteroatoms. The summed E-state index contributed by atoms with van der Waals surface area (Å²) in [6.45, 7) is 4.03. The third-order valence-electron chi connectivity index (χ3n) is 4.68. The quantitative estimate of drug-likeness (QED) is 0.224. The van der Waals surface area contributed by atoms with Crippen LogP contribution in [0.1, 0.15) is 32.3 Å². The molecule has 0 aliphatic rings. The Labute approximate surface area is 187 Å². The number of Topliss-reactive ketones (excluding diaryl/α,β-unsaturated/α-hetero) is 1. The zero-order valence-corrected chi connectivity index (χ0v) is 18.9. The summed E-state index contributed by atoms with van der Waals surface area (Å²) >= 11 is 4.78. The summed E-state index contributed by atoms with van der Waals surface area (Å²) < 4.78 is 6.76. The molecule has 1 heterocycles. The van der Waals surface area contributed by atoms with E-state index in [0.29, 0.717) is 16.7 Å². The van der Waals surface area contributed by atoms with Gasteiger partial charge in [-0.25, -0.2) is 0 Å². The van der Waals surface area contributed by atoms with Gasteiger partial charge in [-0.3, -0.25) is 4.79 Å². The Morgan fingerprint density at radius 1 is 0.900 bits per heavy atom. The van der Waals surface area contributed by atoms with Crippen molar-refractivity contribution < 1.29 is 9.21 Å². The second-order valence-corrected chi connectivity index (χ2v) is 8.90. The summed E-state index contributed by atoms with van der Waals surface area (Å²) in [5.74, 6) is 0.417. The molecule has 30 heavy (non-hydrogen) atoms. The molecule has 1 unspecified atom stereocenters. The largest absolute Gasteiger partial charge is 0.411 e. The molecule has 4 aromatic rings. The first kappa shape index (κ1) is 20.6. The van der Waals surface area contributed by atoms with Crippen LogP contribution in [0.15, 0.2) is 86.9 Å². The number of nitrogens with zero attached hydrogens (tertiary/aromatic N) is 2. The number of hydrogen-bond donors (Lipinski definition) is 0. The van der Waals surface area contributed by atoms with Crippen LogP contribution in [0, 0.1) is 13.8 Å².